The molecule has 0 bridgehead atoms. The third-order valence-corrected chi connectivity index (χ3v) is 6.58. The van der Waals surface area contributed by atoms with Crippen LogP contribution in [0, 0.1) is 6.92 Å². The summed E-state index contributed by atoms with van der Waals surface area (Å²) in [6, 6.07) is 10.3. The van der Waals surface area contributed by atoms with Crippen LogP contribution in [0.5, 0.6) is 11.5 Å². The molecular weight excluding hydrogens is 368 g/mol. The average molecular weight is 388 g/mol. The van der Waals surface area contributed by atoms with Crippen LogP contribution in [-0.4, -0.2) is 33.4 Å². The van der Waals surface area contributed by atoms with Gasteiger partial charge >= 0.3 is 0 Å². The van der Waals surface area contributed by atoms with Gasteiger partial charge in [0.25, 0.3) is 5.91 Å². The first-order valence-corrected chi connectivity index (χ1v) is 10.4. The molecule has 2 aromatic rings. The van der Waals surface area contributed by atoms with E-state index in [1.807, 2.05) is 13.0 Å². The van der Waals surface area contributed by atoms with Crippen molar-refractivity contribution < 1.29 is 22.7 Å². The van der Waals surface area contributed by atoms with E-state index in [-0.39, 0.29) is 18.5 Å². The lowest BCUT2D eigenvalue weighted by molar-refractivity contribution is 0.102. The van der Waals surface area contributed by atoms with Crippen LogP contribution in [0.15, 0.2) is 36.4 Å². The first kappa shape index (κ1) is 17.7. The zero-order valence-corrected chi connectivity index (χ0v) is 15.7. The van der Waals surface area contributed by atoms with Gasteiger partial charge in [-0.05, 0) is 55.7 Å². The average Bonchev–Trinajstić information content (AvgIpc) is 3.11. The molecule has 0 radical (unpaired) electrons. The predicted molar refractivity (Wildman–Crippen MR) is 102 cm³/mol. The number of sulfonamides is 1. The minimum atomic E-state index is -3.31. The first-order chi connectivity index (χ1) is 12.9. The molecule has 8 heteroatoms. The van der Waals surface area contributed by atoms with Crippen molar-refractivity contribution in [3.05, 3.63) is 47.5 Å². The summed E-state index contributed by atoms with van der Waals surface area (Å²) in [5.41, 5.74) is 2.44. The van der Waals surface area contributed by atoms with Crippen molar-refractivity contribution in [1.29, 1.82) is 0 Å². The zero-order valence-electron chi connectivity index (χ0n) is 14.9. The Hall–Kier alpha value is -2.74. The van der Waals surface area contributed by atoms with Crippen molar-refractivity contribution in [1.82, 2.24) is 0 Å². The maximum absolute atomic E-state index is 12.6. The number of benzene rings is 2. The number of carbonyl (C=O) groups excluding carboxylic acids is 1. The molecule has 27 heavy (non-hydrogen) atoms. The van der Waals surface area contributed by atoms with Crippen LogP contribution in [-0.2, 0) is 10.0 Å². The Morgan fingerprint density at radius 1 is 1.07 bits per heavy atom. The second-order valence-electron chi connectivity index (χ2n) is 6.62. The topological polar surface area (TPSA) is 84.9 Å². The molecule has 0 unspecified atom stereocenters. The van der Waals surface area contributed by atoms with E-state index >= 15 is 0 Å². The summed E-state index contributed by atoms with van der Waals surface area (Å²) in [4.78, 5) is 12.6. The number of rotatable bonds is 3. The highest BCUT2D eigenvalue weighted by molar-refractivity contribution is 7.92. The number of ether oxygens (including phenoxy) is 2. The van der Waals surface area contributed by atoms with Gasteiger partial charge in [0, 0.05) is 17.8 Å². The number of hydrogen-bond acceptors (Lipinski definition) is 5. The molecule has 0 spiro atoms. The highest BCUT2D eigenvalue weighted by Crippen LogP contribution is 2.33. The van der Waals surface area contributed by atoms with Crippen molar-refractivity contribution in [2.24, 2.45) is 0 Å². The maximum atomic E-state index is 12.6. The van der Waals surface area contributed by atoms with E-state index in [2.05, 4.69) is 5.32 Å². The zero-order chi connectivity index (χ0) is 19.0. The van der Waals surface area contributed by atoms with Gasteiger partial charge in [0.1, 0.15) is 0 Å². The molecule has 1 fully saturated rings. The first-order valence-electron chi connectivity index (χ1n) is 8.76. The van der Waals surface area contributed by atoms with E-state index in [4.69, 9.17) is 9.47 Å². The summed E-state index contributed by atoms with van der Waals surface area (Å²) < 4.78 is 36.8. The Balaban J connectivity index is 1.59. The van der Waals surface area contributed by atoms with E-state index in [0.717, 1.165) is 12.0 Å². The SMILES string of the molecule is Cc1ccc(NC(=O)c2ccc3c(c2)OCO3)cc1N1CCCCS1(=O)=O. The van der Waals surface area contributed by atoms with Gasteiger partial charge < -0.3 is 14.8 Å². The number of nitrogens with zero attached hydrogens (tertiary/aromatic N) is 1. The summed E-state index contributed by atoms with van der Waals surface area (Å²) in [5, 5.41) is 2.83. The highest BCUT2D eigenvalue weighted by atomic mass is 32.2. The molecule has 2 aromatic carbocycles. The Labute approximate surface area is 157 Å². The van der Waals surface area contributed by atoms with Gasteiger partial charge in [0.05, 0.1) is 11.4 Å². The lowest BCUT2D eigenvalue weighted by atomic mass is 10.1. The van der Waals surface area contributed by atoms with Gasteiger partial charge in [0.15, 0.2) is 11.5 Å². The van der Waals surface area contributed by atoms with Crippen molar-refractivity contribution in [2.75, 3.05) is 28.7 Å². The fraction of sp³-hybridized carbons (Fsp3) is 0.316. The quantitative estimate of drug-likeness (QED) is 0.874. The van der Waals surface area contributed by atoms with Crippen LogP contribution in [0.1, 0.15) is 28.8 Å². The molecule has 7 nitrogen and oxygen atoms in total. The largest absolute Gasteiger partial charge is 0.454 e. The number of anilines is 2. The number of amides is 1. The monoisotopic (exact) mass is 388 g/mol. The molecule has 1 saturated heterocycles. The van der Waals surface area contributed by atoms with Gasteiger partial charge in [-0.25, -0.2) is 8.42 Å². The Morgan fingerprint density at radius 2 is 1.89 bits per heavy atom. The van der Waals surface area contributed by atoms with Crippen LogP contribution < -0.4 is 19.1 Å². The summed E-state index contributed by atoms with van der Waals surface area (Å²) in [6.45, 7) is 2.47. The van der Waals surface area contributed by atoms with E-state index in [1.165, 1.54) is 4.31 Å². The molecule has 2 aliphatic rings. The molecule has 142 valence electrons. The standard InChI is InChI=1S/C19H20N2O5S/c1-13-4-6-15(11-16(13)21-8-2-3-9-27(21,23)24)20-19(22)14-5-7-17-18(10-14)26-12-25-17/h4-7,10-11H,2-3,8-9,12H2,1H3,(H,20,22). The summed E-state index contributed by atoms with van der Waals surface area (Å²) >= 11 is 0. The Bertz CT molecular complexity index is 1000. The number of hydrogen-bond donors (Lipinski definition) is 1. The molecule has 1 N–H and O–H groups in total. The van der Waals surface area contributed by atoms with Crippen molar-refractivity contribution in [3.8, 4) is 11.5 Å². The second-order valence-corrected chi connectivity index (χ2v) is 8.63. The van der Waals surface area contributed by atoms with Gasteiger partial charge in [0.2, 0.25) is 16.8 Å². The predicted octanol–water partition coefficient (Wildman–Crippen LogP) is 2.91. The van der Waals surface area contributed by atoms with E-state index < -0.39 is 10.0 Å². The lowest BCUT2D eigenvalue weighted by Gasteiger charge is -2.29. The van der Waals surface area contributed by atoms with Crippen molar-refractivity contribution in [3.63, 3.8) is 0 Å². The van der Waals surface area contributed by atoms with E-state index in [9.17, 15) is 13.2 Å². The molecule has 0 atom stereocenters. The van der Waals surface area contributed by atoms with E-state index in [1.54, 1.807) is 30.3 Å². The van der Waals surface area contributed by atoms with Gasteiger partial charge in [-0.1, -0.05) is 6.07 Å². The number of nitrogens with one attached hydrogen (secondary N) is 1. The molecule has 1 amide bonds. The molecular formula is C19H20N2O5S. The molecule has 0 aliphatic carbocycles. The van der Waals surface area contributed by atoms with Gasteiger partial charge in [-0.15, -0.1) is 0 Å². The smallest absolute Gasteiger partial charge is 0.255 e. The summed E-state index contributed by atoms with van der Waals surface area (Å²) in [7, 11) is -3.31. The van der Waals surface area contributed by atoms with Crippen LogP contribution >= 0.6 is 0 Å². The fourth-order valence-corrected chi connectivity index (χ4v) is 4.95. The highest BCUT2D eigenvalue weighted by Gasteiger charge is 2.27. The third kappa shape index (κ3) is 3.44. The minimum Gasteiger partial charge on any atom is -0.454 e. The number of aryl methyl sites for hydroxylation is 1. The van der Waals surface area contributed by atoms with Crippen LogP contribution in [0.3, 0.4) is 0 Å². The van der Waals surface area contributed by atoms with Gasteiger partial charge in [-0.2, -0.15) is 0 Å². The molecule has 0 aromatic heterocycles. The normalized spacial score (nSPS) is 17.6. The molecule has 0 saturated carbocycles. The summed E-state index contributed by atoms with van der Waals surface area (Å²) in [6.07, 6.45) is 1.50. The van der Waals surface area contributed by atoms with Gasteiger partial charge in [-0.3, -0.25) is 9.10 Å². The van der Waals surface area contributed by atoms with Crippen LogP contribution in [0.25, 0.3) is 0 Å². The van der Waals surface area contributed by atoms with Crippen molar-refractivity contribution >= 4 is 27.3 Å². The van der Waals surface area contributed by atoms with Crippen LogP contribution in [0.4, 0.5) is 11.4 Å². The molecule has 4 rings (SSSR count). The maximum Gasteiger partial charge on any atom is 0.255 e. The van der Waals surface area contributed by atoms with Crippen molar-refractivity contribution in [2.45, 2.75) is 19.8 Å². The Morgan fingerprint density at radius 3 is 2.70 bits per heavy atom. The molecule has 2 heterocycles. The second kappa shape index (κ2) is 6.77. The third-order valence-electron chi connectivity index (χ3n) is 4.72. The van der Waals surface area contributed by atoms with Crippen LogP contribution in [0.2, 0.25) is 0 Å². The minimum absolute atomic E-state index is 0.145. The number of carbonyl (C=O) groups is 1. The van der Waals surface area contributed by atoms with E-state index in [0.29, 0.717) is 41.4 Å². The lowest BCUT2D eigenvalue weighted by Crippen LogP contribution is -2.38. The number of fused-ring (bicyclic) bond motifs is 1. The fourth-order valence-electron chi connectivity index (χ4n) is 3.26. The summed E-state index contributed by atoms with van der Waals surface area (Å²) in [5.74, 6) is 0.996. The molecule has 2 aliphatic heterocycles. The Kier molecular flexibility index (Phi) is 4.43.